The number of carbonyl (C=O) groups is 5. The van der Waals surface area contributed by atoms with Crippen molar-refractivity contribution in [2.75, 3.05) is 61.5 Å². The average Bonchev–Trinajstić information content (AvgIpc) is 3.77. The van der Waals surface area contributed by atoms with Gasteiger partial charge in [-0.2, -0.15) is 5.10 Å². The molecule has 0 aliphatic carbocycles. The van der Waals surface area contributed by atoms with Gasteiger partial charge in [0.2, 0.25) is 11.8 Å². The fourth-order valence-electron chi connectivity index (χ4n) is 9.46. The van der Waals surface area contributed by atoms with Gasteiger partial charge in [-0.15, -0.1) is 0 Å². The van der Waals surface area contributed by atoms with E-state index in [1.807, 2.05) is 36.4 Å². The van der Waals surface area contributed by atoms with Crippen LogP contribution in [-0.2, 0) is 25.5 Å². The van der Waals surface area contributed by atoms with Crippen LogP contribution in [0.3, 0.4) is 0 Å². The number of piperazine rings is 1. The number of hydrogen-bond donors (Lipinski definition) is 4. The minimum atomic E-state index is -1.01. The SMILES string of the molecule is O=C1CCC(N2C(=O)c3ccc(C4CC(CN5CCN(c6ccc(C(=O)Nc7n[nH]c8ccc(Cc9cc(F)cc(F)c9)cc78)c(NC7CCOCC7)c6)CC5)O4)cc3C2=O)C(=O)N1. The number of piperidine rings is 1. The maximum absolute atomic E-state index is 14.0. The predicted molar refractivity (Wildman–Crippen MR) is 231 cm³/mol. The molecule has 330 valence electrons. The van der Waals surface area contributed by atoms with Gasteiger partial charge in [-0.05, 0) is 97.0 Å². The number of fused-ring (bicyclic) bond motifs is 2. The van der Waals surface area contributed by atoms with Gasteiger partial charge in [-0.3, -0.25) is 44.2 Å². The summed E-state index contributed by atoms with van der Waals surface area (Å²) in [7, 11) is 0. The van der Waals surface area contributed by atoms with E-state index < -0.39 is 41.3 Å². The maximum atomic E-state index is 14.0. The van der Waals surface area contributed by atoms with Gasteiger partial charge >= 0.3 is 0 Å². The molecule has 4 N–H and O–H groups in total. The van der Waals surface area contributed by atoms with Gasteiger partial charge in [0.15, 0.2) is 5.82 Å². The molecule has 5 aliphatic rings. The van der Waals surface area contributed by atoms with Crippen molar-refractivity contribution in [3.05, 3.63) is 118 Å². The molecule has 4 saturated heterocycles. The lowest BCUT2D eigenvalue weighted by Gasteiger charge is -2.42. The molecule has 0 saturated carbocycles. The second-order valence-electron chi connectivity index (χ2n) is 17.1. The summed E-state index contributed by atoms with van der Waals surface area (Å²) in [4.78, 5) is 70.2. The molecule has 10 rings (SSSR count). The number of hydrogen-bond acceptors (Lipinski definition) is 11. The highest BCUT2D eigenvalue weighted by atomic mass is 19.1. The summed E-state index contributed by atoms with van der Waals surface area (Å²) in [5.41, 5.74) is 5.49. The molecule has 4 aromatic carbocycles. The van der Waals surface area contributed by atoms with Crippen molar-refractivity contribution < 1.29 is 42.2 Å². The largest absolute Gasteiger partial charge is 0.381 e. The predicted octanol–water partition coefficient (Wildman–Crippen LogP) is 5.33. The Morgan fingerprint density at radius 1 is 0.828 bits per heavy atom. The van der Waals surface area contributed by atoms with E-state index in [1.54, 1.807) is 18.2 Å². The number of aromatic amines is 1. The Bertz CT molecular complexity index is 2670. The molecule has 3 unspecified atom stereocenters. The Kier molecular flexibility index (Phi) is 11.1. The van der Waals surface area contributed by atoms with Gasteiger partial charge in [0.05, 0.1) is 34.4 Å². The third kappa shape index (κ3) is 8.33. The molecule has 0 radical (unpaired) electrons. The van der Waals surface area contributed by atoms with Crippen molar-refractivity contribution in [1.82, 2.24) is 25.3 Å². The van der Waals surface area contributed by atoms with Gasteiger partial charge in [0.1, 0.15) is 17.7 Å². The van der Waals surface area contributed by atoms with Crippen LogP contribution < -0.4 is 20.9 Å². The van der Waals surface area contributed by atoms with Crippen LogP contribution in [0.25, 0.3) is 10.9 Å². The smallest absolute Gasteiger partial charge is 0.262 e. The summed E-state index contributed by atoms with van der Waals surface area (Å²) in [6.45, 7) is 5.18. The van der Waals surface area contributed by atoms with Gasteiger partial charge in [0.25, 0.3) is 17.7 Å². The minimum absolute atomic E-state index is 0.00594. The fraction of sp³-hybridized carbons (Fsp3) is 0.362. The van der Waals surface area contributed by atoms with Crippen LogP contribution in [0.2, 0.25) is 0 Å². The van der Waals surface area contributed by atoms with Crippen molar-refractivity contribution in [2.45, 2.75) is 62.8 Å². The zero-order valence-electron chi connectivity index (χ0n) is 34.8. The second-order valence-corrected chi connectivity index (χ2v) is 17.1. The Morgan fingerprint density at radius 2 is 1.59 bits per heavy atom. The minimum Gasteiger partial charge on any atom is -0.381 e. The van der Waals surface area contributed by atoms with Crippen LogP contribution in [0.4, 0.5) is 26.0 Å². The normalized spacial score (nSPS) is 21.8. The van der Waals surface area contributed by atoms with E-state index in [0.29, 0.717) is 53.2 Å². The summed E-state index contributed by atoms with van der Waals surface area (Å²) in [6, 6.07) is 19.1. The molecule has 0 spiro atoms. The molecule has 3 atom stereocenters. The lowest BCUT2D eigenvalue weighted by molar-refractivity contribution is -0.137. The highest BCUT2D eigenvalue weighted by Gasteiger charge is 2.45. The van der Waals surface area contributed by atoms with Gasteiger partial charge in [-0.25, -0.2) is 8.78 Å². The summed E-state index contributed by atoms with van der Waals surface area (Å²) >= 11 is 0. The first-order chi connectivity index (χ1) is 31.0. The van der Waals surface area contributed by atoms with E-state index >= 15 is 0 Å². The average molecular weight is 873 g/mol. The molecule has 64 heavy (non-hydrogen) atoms. The third-order valence-electron chi connectivity index (χ3n) is 12.9. The monoisotopic (exact) mass is 872 g/mol. The number of halogens is 2. The van der Waals surface area contributed by atoms with Gasteiger partial charge in [-0.1, -0.05) is 12.1 Å². The van der Waals surface area contributed by atoms with E-state index in [9.17, 15) is 32.8 Å². The number of imide groups is 2. The molecule has 0 bridgehead atoms. The van der Waals surface area contributed by atoms with Crippen LogP contribution >= 0.6 is 0 Å². The first-order valence-electron chi connectivity index (χ1n) is 21.7. The van der Waals surface area contributed by atoms with Crippen LogP contribution in [0.5, 0.6) is 0 Å². The number of carbonyl (C=O) groups excluding carboxylic acids is 5. The molecule has 4 fully saturated rings. The van der Waals surface area contributed by atoms with Crippen molar-refractivity contribution >= 4 is 57.6 Å². The first-order valence-corrected chi connectivity index (χ1v) is 21.7. The van der Waals surface area contributed by atoms with Crippen molar-refractivity contribution in [3.8, 4) is 0 Å². The summed E-state index contributed by atoms with van der Waals surface area (Å²) in [5, 5.41) is 16.9. The number of benzene rings is 4. The van der Waals surface area contributed by atoms with Crippen LogP contribution in [-0.4, -0.2) is 114 Å². The summed E-state index contributed by atoms with van der Waals surface area (Å²) < 4.78 is 39.7. The number of ether oxygens (including phenoxy) is 2. The van der Waals surface area contributed by atoms with Gasteiger partial charge in [0, 0.05) is 87.6 Å². The number of nitrogens with one attached hydrogen (secondary N) is 4. The topological polar surface area (TPSA) is 178 Å². The number of amides is 5. The van der Waals surface area contributed by atoms with E-state index in [1.165, 1.54) is 12.1 Å². The molecular weight excluding hydrogens is 827 g/mol. The maximum Gasteiger partial charge on any atom is 0.262 e. The Labute approximate surface area is 366 Å². The van der Waals surface area contributed by atoms with Crippen molar-refractivity contribution in [1.29, 1.82) is 0 Å². The van der Waals surface area contributed by atoms with Crippen molar-refractivity contribution in [2.24, 2.45) is 0 Å². The molecule has 6 heterocycles. The van der Waals surface area contributed by atoms with Crippen LogP contribution in [0.1, 0.15) is 86.0 Å². The van der Waals surface area contributed by atoms with Gasteiger partial charge < -0.3 is 25.0 Å². The third-order valence-corrected chi connectivity index (χ3v) is 12.9. The number of nitrogens with zero attached hydrogens (tertiary/aromatic N) is 4. The molecule has 5 aromatic rings. The van der Waals surface area contributed by atoms with E-state index in [0.717, 1.165) is 79.8 Å². The highest BCUT2D eigenvalue weighted by molar-refractivity contribution is 6.23. The number of anilines is 3. The fourth-order valence-corrected chi connectivity index (χ4v) is 9.46. The lowest BCUT2D eigenvalue weighted by Crippen LogP contribution is -2.54. The van der Waals surface area contributed by atoms with E-state index in [4.69, 9.17) is 9.47 Å². The number of H-pyrrole nitrogens is 1. The summed E-state index contributed by atoms with van der Waals surface area (Å²) in [6.07, 6.45) is 2.63. The molecular formula is C47H46F2N8O7. The Balaban J connectivity index is 0.765. The number of rotatable bonds is 11. The lowest BCUT2D eigenvalue weighted by atomic mass is 9.94. The standard InChI is InChI=1S/C47H46F2N8O7/c48-29-18-27(19-30(49)22-29)17-26-1-6-38-37(20-26)43(54-53-38)52-44(59)35-5-3-32(23-39(35)50-31-9-15-63-16-10-31)56-13-11-55(12-14-56)25-33-24-41(64-33)28-2-4-34-36(21-28)47(62)57(46(34)61)40-7-8-42(58)51-45(40)60/h1-6,18-23,31,33,40-41,50H,7-17,24-25H2,(H,51,58,60)(H2,52,53,54,59). The van der Waals surface area contributed by atoms with E-state index in [2.05, 4.69) is 35.9 Å². The van der Waals surface area contributed by atoms with E-state index in [-0.39, 0.29) is 48.1 Å². The summed E-state index contributed by atoms with van der Waals surface area (Å²) in [5.74, 6) is -3.37. The van der Waals surface area contributed by atoms with Crippen LogP contribution in [0.15, 0.2) is 72.8 Å². The number of aromatic nitrogens is 2. The Morgan fingerprint density at radius 3 is 2.36 bits per heavy atom. The highest BCUT2D eigenvalue weighted by Crippen LogP contribution is 2.38. The molecule has 5 aliphatic heterocycles. The quantitative estimate of drug-likeness (QED) is 0.126. The zero-order valence-corrected chi connectivity index (χ0v) is 34.8. The molecule has 5 amide bonds. The molecule has 17 heteroatoms. The molecule has 1 aromatic heterocycles. The first kappa shape index (κ1) is 41.5. The molecule has 15 nitrogen and oxygen atoms in total. The van der Waals surface area contributed by atoms with Crippen LogP contribution in [0, 0.1) is 11.6 Å². The second kappa shape index (κ2) is 17.2. The van der Waals surface area contributed by atoms with Crippen molar-refractivity contribution in [3.63, 3.8) is 0 Å². The Hall–Kier alpha value is -6.56. The zero-order chi connectivity index (χ0) is 44.1.